The zero-order chi connectivity index (χ0) is 13.6. The van der Waals surface area contributed by atoms with E-state index in [1.807, 2.05) is 58.4 Å². The summed E-state index contributed by atoms with van der Waals surface area (Å²) in [5, 5.41) is 11.4. The van der Waals surface area contributed by atoms with Crippen molar-refractivity contribution in [2.45, 2.75) is 6.92 Å². The van der Waals surface area contributed by atoms with Gasteiger partial charge in [-0.05, 0) is 19.1 Å². The number of rotatable bonds is 3. The molecular weight excluding hydrogens is 244 g/mol. The molecule has 0 saturated carbocycles. The van der Waals surface area contributed by atoms with Crippen molar-refractivity contribution in [2.24, 2.45) is 5.10 Å². The van der Waals surface area contributed by atoms with Crippen LogP contribution in [0.15, 0.2) is 35.4 Å². The molecule has 0 atom stereocenters. The summed E-state index contributed by atoms with van der Waals surface area (Å²) in [5.74, 6) is 0.772. The van der Waals surface area contributed by atoms with Gasteiger partial charge in [-0.15, -0.1) is 0 Å². The van der Waals surface area contributed by atoms with E-state index in [9.17, 15) is 0 Å². The lowest BCUT2D eigenvalue weighted by Gasteiger charge is -2.19. The van der Waals surface area contributed by atoms with Crippen LogP contribution in [0, 0.1) is 0 Å². The molecule has 1 rings (SSSR count). The van der Waals surface area contributed by atoms with Gasteiger partial charge in [-0.1, -0.05) is 35.4 Å². The Kier molecular flexibility index (Phi) is 5.25. The summed E-state index contributed by atoms with van der Waals surface area (Å²) in [5.41, 5.74) is 1.02. The maximum Gasteiger partial charge on any atom is 0.195 e. The number of nitrogens with one attached hydrogen (secondary N) is 2. The Morgan fingerprint density at radius 3 is 2.33 bits per heavy atom. The molecule has 98 valence electrons. The zero-order valence-corrected chi connectivity index (χ0v) is 12.2. The van der Waals surface area contributed by atoms with Crippen LogP contribution in [0.25, 0.3) is 0 Å². The molecule has 0 saturated heterocycles. The number of nitrogens with zero attached hydrogens (tertiary/aromatic N) is 2. The van der Waals surface area contributed by atoms with Crippen molar-refractivity contribution in [1.82, 2.24) is 10.6 Å². The van der Waals surface area contributed by atoms with Gasteiger partial charge < -0.3 is 10.6 Å². The molecule has 0 fully saturated rings. The second-order valence-corrected chi connectivity index (χ2v) is 5.15. The summed E-state index contributed by atoms with van der Waals surface area (Å²) < 4.78 is 0.478. The van der Waals surface area contributed by atoms with Crippen LogP contribution in [0.3, 0.4) is 0 Å². The van der Waals surface area contributed by atoms with Gasteiger partial charge in [0.2, 0.25) is 0 Å². The second-order valence-electron chi connectivity index (χ2n) is 4.74. The SMILES string of the molecule is CCNC(=S)N/C(=N\[N+](C)(C)C)c1ccccc1. The normalized spacial score (nSPS) is 12.1. The van der Waals surface area contributed by atoms with Crippen LogP contribution >= 0.6 is 12.2 Å². The van der Waals surface area contributed by atoms with Crippen LogP contribution in [-0.2, 0) is 0 Å². The monoisotopic (exact) mass is 265 g/mol. The summed E-state index contributed by atoms with van der Waals surface area (Å²) in [4.78, 5) is 0. The fourth-order valence-electron chi connectivity index (χ4n) is 1.36. The van der Waals surface area contributed by atoms with E-state index in [1.165, 1.54) is 0 Å². The lowest BCUT2D eigenvalue weighted by molar-refractivity contribution is -0.877. The zero-order valence-electron chi connectivity index (χ0n) is 11.4. The Hall–Kier alpha value is -1.46. The van der Waals surface area contributed by atoms with Crippen molar-refractivity contribution < 1.29 is 4.59 Å². The highest BCUT2D eigenvalue weighted by atomic mass is 32.1. The Balaban J connectivity index is 2.97. The number of hydrogen-bond donors (Lipinski definition) is 2. The van der Waals surface area contributed by atoms with Crippen LogP contribution in [0.1, 0.15) is 12.5 Å². The minimum atomic E-state index is 0.478. The Morgan fingerprint density at radius 1 is 1.22 bits per heavy atom. The predicted octanol–water partition coefficient (Wildman–Crippen LogP) is 1.54. The molecule has 0 spiro atoms. The van der Waals surface area contributed by atoms with Gasteiger partial charge in [0, 0.05) is 12.1 Å². The first-order valence-corrected chi connectivity index (χ1v) is 6.35. The smallest absolute Gasteiger partial charge is 0.195 e. The molecule has 0 radical (unpaired) electrons. The molecule has 0 unspecified atom stereocenters. The summed E-state index contributed by atoms with van der Waals surface area (Å²) in [6.07, 6.45) is 0. The van der Waals surface area contributed by atoms with Crippen LogP contribution in [-0.4, -0.2) is 43.2 Å². The van der Waals surface area contributed by atoms with E-state index in [2.05, 4.69) is 15.7 Å². The van der Waals surface area contributed by atoms with Crippen molar-refractivity contribution >= 4 is 23.2 Å². The summed E-state index contributed by atoms with van der Waals surface area (Å²) >= 11 is 5.21. The molecule has 0 amide bonds. The van der Waals surface area contributed by atoms with Gasteiger partial charge in [0.05, 0.1) is 21.1 Å². The topological polar surface area (TPSA) is 36.4 Å². The minimum absolute atomic E-state index is 0.478. The molecule has 0 aliphatic rings. The maximum atomic E-state index is 5.21. The molecule has 0 bridgehead atoms. The highest BCUT2D eigenvalue weighted by molar-refractivity contribution is 7.80. The fourth-order valence-corrected chi connectivity index (χ4v) is 1.60. The number of hydrogen-bond acceptors (Lipinski definition) is 2. The van der Waals surface area contributed by atoms with Crippen LogP contribution in [0.2, 0.25) is 0 Å². The van der Waals surface area contributed by atoms with E-state index in [0.717, 1.165) is 17.9 Å². The third kappa shape index (κ3) is 5.25. The molecule has 18 heavy (non-hydrogen) atoms. The number of quaternary nitrogens is 1. The van der Waals surface area contributed by atoms with Gasteiger partial charge in [-0.3, -0.25) is 0 Å². The van der Waals surface area contributed by atoms with E-state index >= 15 is 0 Å². The van der Waals surface area contributed by atoms with Gasteiger partial charge >= 0.3 is 0 Å². The van der Waals surface area contributed by atoms with Crippen LogP contribution < -0.4 is 10.6 Å². The highest BCUT2D eigenvalue weighted by Gasteiger charge is 2.12. The standard InChI is InChI=1S/C13H20N4S/c1-5-14-13(18)15-12(16-17(2,3)4)11-9-7-6-8-10-11/h6-10H,5H2,1-4H3,(H-,14,15,16,18)/p+1. The summed E-state index contributed by atoms with van der Waals surface area (Å²) in [6, 6.07) is 9.97. The molecule has 0 aromatic heterocycles. The summed E-state index contributed by atoms with van der Waals surface area (Å²) in [7, 11) is 6.00. The molecule has 0 heterocycles. The molecular formula is C13H21N4S+. The minimum Gasteiger partial charge on any atom is -0.363 e. The number of thiocarbonyl (C=S) groups is 1. The van der Waals surface area contributed by atoms with Crippen molar-refractivity contribution in [2.75, 3.05) is 27.7 Å². The second kappa shape index (κ2) is 6.47. The molecule has 4 nitrogen and oxygen atoms in total. The van der Waals surface area contributed by atoms with Crippen molar-refractivity contribution in [3.63, 3.8) is 0 Å². The van der Waals surface area contributed by atoms with E-state index in [-0.39, 0.29) is 0 Å². The highest BCUT2D eigenvalue weighted by Crippen LogP contribution is 2.03. The van der Waals surface area contributed by atoms with E-state index < -0.39 is 0 Å². The Labute approximate surface area is 114 Å². The third-order valence-corrected chi connectivity index (χ3v) is 2.26. The Morgan fingerprint density at radius 2 is 1.83 bits per heavy atom. The first-order chi connectivity index (χ1) is 8.42. The lowest BCUT2D eigenvalue weighted by Crippen LogP contribution is -2.42. The fraction of sp³-hybridized carbons (Fsp3) is 0.385. The quantitative estimate of drug-likeness (QED) is 0.286. The Bertz CT molecular complexity index is 420. The van der Waals surface area contributed by atoms with E-state index in [4.69, 9.17) is 12.2 Å². The summed E-state index contributed by atoms with van der Waals surface area (Å²) in [6.45, 7) is 2.80. The first kappa shape index (κ1) is 14.6. The maximum absolute atomic E-state index is 5.21. The van der Waals surface area contributed by atoms with Gasteiger partial charge in [0.15, 0.2) is 10.9 Å². The molecule has 1 aromatic carbocycles. The number of benzene rings is 1. The van der Waals surface area contributed by atoms with Crippen molar-refractivity contribution in [3.05, 3.63) is 35.9 Å². The van der Waals surface area contributed by atoms with Gasteiger partial charge in [0.1, 0.15) is 0 Å². The average molecular weight is 265 g/mol. The van der Waals surface area contributed by atoms with Crippen LogP contribution in [0.5, 0.6) is 0 Å². The van der Waals surface area contributed by atoms with Gasteiger partial charge in [-0.2, -0.15) is 0 Å². The molecule has 0 aliphatic carbocycles. The largest absolute Gasteiger partial charge is 0.363 e. The number of amidine groups is 1. The lowest BCUT2D eigenvalue weighted by atomic mass is 10.2. The molecule has 5 heteroatoms. The predicted molar refractivity (Wildman–Crippen MR) is 80.4 cm³/mol. The van der Waals surface area contributed by atoms with Crippen molar-refractivity contribution in [3.8, 4) is 0 Å². The van der Waals surface area contributed by atoms with Gasteiger partial charge in [0.25, 0.3) is 0 Å². The average Bonchev–Trinajstić information content (AvgIpc) is 2.28. The van der Waals surface area contributed by atoms with E-state index in [0.29, 0.717) is 9.70 Å². The third-order valence-electron chi connectivity index (χ3n) is 2.02. The van der Waals surface area contributed by atoms with E-state index in [1.54, 1.807) is 0 Å². The van der Waals surface area contributed by atoms with Crippen LogP contribution in [0.4, 0.5) is 0 Å². The molecule has 0 aliphatic heterocycles. The molecule has 2 N–H and O–H groups in total. The molecule has 1 aromatic rings. The van der Waals surface area contributed by atoms with Crippen molar-refractivity contribution in [1.29, 1.82) is 0 Å². The van der Waals surface area contributed by atoms with Gasteiger partial charge in [-0.25, -0.2) is 4.59 Å². The first-order valence-electron chi connectivity index (χ1n) is 5.94.